The summed E-state index contributed by atoms with van der Waals surface area (Å²) < 4.78 is 0. The molecular weight excluding hydrogens is 258 g/mol. The van der Waals surface area contributed by atoms with Gasteiger partial charge in [-0.3, -0.25) is 14.9 Å². The van der Waals surface area contributed by atoms with Gasteiger partial charge in [-0.05, 0) is 12.5 Å². The van der Waals surface area contributed by atoms with Crippen LogP contribution < -0.4 is 11.1 Å². The topological polar surface area (TPSA) is 92.5 Å². The van der Waals surface area contributed by atoms with Gasteiger partial charge in [0.05, 0.1) is 0 Å². The lowest BCUT2D eigenvalue weighted by Gasteiger charge is -2.30. The van der Waals surface area contributed by atoms with E-state index in [1.807, 2.05) is 5.94 Å². The largest absolute Gasteiger partial charge is 0.398 e. The predicted molar refractivity (Wildman–Crippen MR) is 71.7 cm³/mol. The molecule has 1 aromatic rings. The van der Waals surface area contributed by atoms with E-state index < -0.39 is 6.04 Å². The minimum atomic E-state index is -0.532. The first kappa shape index (κ1) is 12.4. The van der Waals surface area contributed by atoms with Crippen molar-refractivity contribution in [3.05, 3.63) is 29.3 Å². The number of nitrogens with one attached hydrogen (secondary N) is 1. The van der Waals surface area contributed by atoms with Crippen LogP contribution >= 0.6 is 0 Å². The molecule has 2 amide bonds. The Morgan fingerprint density at radius 2 is 2.15 bits per heavy atom. The summed E-state index contributed by atoms with van der Waals surface area (Å²) >= 11 is 0. The van der Waals surface area contributed by atoms with E-state index in [2.05, 4.69) is 5.32 Å². The summed E-state index contributed by atoms with van der Waals surface area (Å²) in [6.45, 7) is 0.388. The van der Waals surface area contributed by atoms with Gasteiger partial charge >= 0.3 is 0 Å². The molecule has 2 heterocycles. The van der Waals surface area contributed by atoms with Gasteiger partial charge in [-0.1, -0.05) is 12.1 Å². The fourth-order valence-electron chi connectivity index (χ4n) is 2.77. The molecule has 1 aromatic carbocycles. The number of nitrogen functional groups attached to an aromatic ring is 1. The third kappa shape index (κ3) is 1.78. The van der Waals surface area contributed by atoms with E-state index in [1.54, 1.807) is 23.1 Å². The highest BCUT2D eigenvalue weighted by Crippen LogP contribution is 2.37. The van der Waals surface area contributed by atoms with E-state index in [0.29, 0.717) is 29.9 Å². The Morgan fingerprint density at radius 1 is 1.35 bits per heavy atom. The van der Waals surface area contributed by atoms with Crippen LogP contribution in [0.15, 0.2) is 18.2 Å². The molecule has 3 N–H and O–H groups in total. The average Bonchev–Trinajstić information content (AvgIpc) is 2.78. The number of carbonyl (C=O) groups is 2. The van der Waals surface area contributed by atoms with E-state index in [9.17, 15) is 14.4 Å². The number of hydrogen-bond donors (Lipinski definition) is 2. The highest BCUT2D eigenvalue weighted by atomic mass is 16.2. The molecule has 20 heavy (non-hydrogen) atoms. The van der Waals surface area contributed by atoms with Crippen LogP contribution in [0.5, 0.6) is 0 Å². The van der Waals surface area contributed by atoms with Gasteiger partial charge in [-0.15, -0.1) is 0 Å². The monoisotopic (exact) mass is 271 g/mol. The number of amides is 2. The second kappa shape index (κ2) is 4.51. The van der Waals surface area contributed by atoms with E-state index in [-0.39, 0.29) is 18.2 Å². The number of anilines is 1. The highest BCUT2D eigenvalue weighted by molar-refractivity contribution is 6.02. The van der Waals surface area contributed by atoms with Crippen LogP contribution in [0, 0.1) is 0 Å². The Morgan fingerprint density at radius 3 is 2.85 bits per heavy atom. The molecule has 1 saturated heterocycles. The van der Waals surface area contributed by atoms with Crippen LogP contribution in [0.4, 0.5) is 5.69 Å². The Kier molecular flexibility index (Phi) is 2.80. The predicted octanol–water partition coefficient (Wildman–Crippen LogP) is 0.0621. The molecule has 0 aromatic heterocycles. The minimum Gasteiger partial charge on any atom is -0.398 e. The van der Waals surface area contributed by atoms with Gasteiger partial charge in [0.25, 0.3) is 0 Å². The fourth-order valence-corrected chi connectivity index (χ4v) is 2.77. The number of rotatable bonds is 1. The van der Waals surface area contributed by atoms with Gasteiger partial charge in [0.2, 0.25) is 11.8 Å². The summed E-state index contributed by atoms with van der Waals surface area (Å²) in [5.74, 6) is 1.25. The molecule has 0 saturated carbocycles. The van der Waals surface area contributed by atoms with Crippen molar-refractivity contribution in [2.45, 2.75) is 25.4 Å². The molecule has 3 rings (SSSR count). The lowest BCUT2D eigenvalue weighted by atomic mass is 10.0. The van der Waals surface area contributed by atoms with E-state index in [1.165, 1.54) is 0 Å². The van der Waals surface area contributed by atoms with Gasteiger partial charge in [-0.2, -0.15) is 0 Å². The highest BCUT2D eigenvalue weighted by Gasteiger charge is 2.38. The summed E-state index contributed by atoms with van der Waals surface area (Å²) in [5, 5.41) is 2.30. The summed E-state index contributed by atoms with van der Waals surface area (Å²) in [7, 11) is 0. The summed E-state index contributed by atoms with van der Waals surface area (Å²) in [5.41, 5.74) is 8.38. The lowest BCUT2D eigenvalue weighted by Crippen LogP contribution is -2.50. The molecular formula is C14H13N3O3. The SMILES string of the molecule is Nc1cccc2c1CN(C1CCC(=O)NC1=O)C2=C=O. The van der Waals surface area contributed by atoms with Crippen molar-refractivity contribution in [3.63, 3.8) is 0 Å². The Hall–Kier alpha value is -2.59. The van der Waals surface area contributed by atoms with Crippen molar-refractivity contribution in [2.75, 3.05) is 5.73 Å². The van der Waals surface area contributed by atoms with Crippen molar-refractivity contribution < 1.29 is 14.4 Å². The first-order valence-electron chi connectivity index (χ1n) is 6.35. The molecule has 6 heteroatoms. The molecule has 1 unspecified atom stereocenters. The zero-order valence-corrected chi connectivity index (χ0v) is 10.7. The number of imide groups is 1. The van der Waals surface area contributed by atoms with Crippen LogP contribution in [0.25, 0.3) is 5.70 Å². The Balaban J connectivity index is 1.98. The van der Waals surface area contributed by atoms with Crippen molar-refractivity contribution in [1.29, 1.82) is 0 Å². The summed E-state index contributed by atoms with van der Waals surface area (Å²) in [6.07, 6.45) is 0.661. The third-order valence-electron chi connectivity index (χ3n) is 3.77. The molecule has 6 nitrogen and oxygen atoms in total. The molecule has 0 bridgehead atoms. The normalized spacial score (nSPS) is 21.5. The van der Waals surface area contributed by atoms with Crippen LogP contribution in [-0.4, -0.2) is 28.7 Å². The van der Waals surface area contributed by atoms with Gasteiger partial charge in [0, 0.05) is 29.8 Å². The fraction of sp³-hybridized carbons (Fsp3) is 0.286. The zero-order valence-electron chi connectivity index (χ0n) is 10.7. The van der Waals surface area contributed by atoms with Crippen molar-refractivity contribution in [3.8, 4) is 0 Å². The smallest absolute Gasteiger partial charge is 0.249 e. The molecule has 0 spiro atoms. The first-order valence-corrected chi connectivity index (χ1v) is 6.35. The Bertz CT molecular complexity index is 662. The second-order valence-electron chi connectivity index (χ2n) is 4.92. The van der Waals surface area contributed by atoms with Gasteiger partial charge in [0.15, 0.2) is 5.94 Å². The molecule has 0 aliphatic carbocycles. The average molecular weight is 271 g/mol. The quantitative estimate of drug-likeness (QED) is 0.428. The zero-order chi connectivity index (χ0) is 14.3. The van der Waals surface area contributed by atoms with E-state index in [0.717, 1.165) is 5.56 Å². The van der Waals surface area contributed by atoms with E-state index in [4.69, 9.17) is 5.73 Å². The first-order chi connectivity index (χ1) is 9.61. The Labute approximate surface area is 115 Å². The number of hydrogen-bond acceptors (Lipinski definition) is 5. The second-order valence-corrected chi connectivity index (χ2v) is 4.92. The number of fused-ring (bicyclic) bond motifs is 1. The number of nitrogens with two attached hydrogens (primary N) is 1. The van der Waals surface area contributed by atoms with Crippen LogP contribution in [-0.2, 0) is 20.9 Å². The maximum atomic E-state index is 11.9. The molecule has 0 radical (unpaired) electrons. The van der Waals surface area contributed by atoms with Crippen molar-refractivity contribution in [1.82, 2.24) is 10.2 Å². The van der Waals surface area contributed by atoms with Gasteiger partial charge < -0.3 is 10.6 Å². The number of nitrogens with zero attached hydrogens (tertiary/aromatic N) is 1. The molecule has 2 aliphatic heterocycles. The molecule has 1 atom stereocenters. The van der Waals surface area contributed by atoms with Gasteiger partial charge in [0.1, 0.15) is 11.7 Å². The number of piperidine rings is 1. The maximum Gasteiger partial charge on any atom is 0.249 e. The molecule has 102 valence electrons. The lowest BCUT2D eigenvalue weighted by molar-refractivity contribution is -0.136. The minimum absolute atomic E-state index is 0.269. The third-order valence-corrected chi connectivity index (χ3v) is 3.77. The summed E-state index contributed by atoms with van der Waals surface area (Å²) in [4.78, 5) is 36.1. The summed E-state index contributed by atoms with van der Waals surface area (Å²) in [6, 6.07) is 4.78. The van der Waals surface area contributed by atoms with Crippen molar-refractivity contribution in [2.24, 2.45) is 0 Å². The number of benzene rings is 1. The van der Waals surface area contributed by atoms with Gasteiger partial charge in [-0.25, -0.2) is 4.79 Å². The van der Waals surface area contributed by atoms with E-state index >= 15 is 0 Å². The molecule has 1 fully saturated rings. The van der Waals surface area contributed by atoms with Crippen molar-refractivity contribution >= 4 is 29.1 Å². The molecule has 2 aliphatic rings. The van der Waals surface area contributed by atoms with Crippen LogP contribution in [0.3, 0.4) is 0 Å². The maximum absolute atomic E-state index is 11.9. The van der Waals surface area contributed by atoms with Crippen LogP contribution in [0.1, 0.15) is 24.0 Å². The van der Waals surface area contributed by atoms with Crippen LogP contribution in [0.2, 0.25) is 0 Å². The standard InChI is InChI=1S/C14H13N3O3/c15-10-3-1-2-8-9(10)6-17(12(8)7-18)11-4-5-13(19)16-14(11)20/h1-3,11H,4-6,15H2,(H,16,19,20). The number of carbonyl (C=O) groups excluding carboxylic acids is 3.